The van der Waals surface area contributed by atoms with E-state index in [9.17, 15) is 14.4 Å². The summed E-state index contributed by atoms with van der Waals surface area (Å²) in [5.74, 6) is -0.223. The Morgan fingerprint density at radius 2 is 1.65 bits per heavy atom. The molecule has 1 aliphatic heterocycles. The summed E-state index contributed by atoms with van der Waals surface area (Å²) in [6.45, 7) is 1.59. The highest BCUT2D eigenvalue weighted by Gasteiger charge is 2.30. The zero-order valence-corrected chi connectivity index (χ0v) is 22.5. The zero-order valence-electron chi connectivity index (χ0n) is 21.0. The number of carbonyl (C=O) groups is 3. The maximum atomic E-state index is 13.2. The third-order valence-corrected chi connectivity index (χ3v) is 7.18. The lowest BCUT2D eigenvalue weighted by molar-refractivity contribution is -0.132. The molecule has 9 heteroatoms. The summed E-state index contributed by atoms with van der Waals surface area (Å²) in [7, 11) is 5.15. The maximum Gasteiger partial charge on any atom is 0.265 e. The molecule has 3 aromatic rings. The number of hydrogen-bond acceptors (Lipinski definition) is 4. The van der Waals surface area contributed by atoms with E-state index in [-0.39, 0.29) is 41.9 Å². The smallest absolute Gasteiger partial charge is 0.265 e. The molecule has 0 saturated heterocycles. The highest BCUT2D eigenvalue weighted by molar-refractivity contribution is 6.42. The van der Waals surface area contributed by atoms with Crippen molar-refractivity contribution in [2.75, 3.05) is 39.2 Å². The lowest BCUT2D eigenvalue weighted by Crippen LogP contribution is -2.46. The van der Waals surface area contributed by atoms with Crippen molar-refractivity contribution in [1.29, 1.82) is 0 Å². The van der Waals surface area contributed by atoms with Crippen molar-refractivity contribution >= 4 is 46.6 Å². The van der Waals surface area contributed by atoms with Crippen molar-refractivity contribution in [3.05, 3.63) is 81.8 Å². The first-order valence-electron chi connectivity index (χ1n) is 11.7. The van der Waals surface area contributed by atoms with E-state index in [1.54, 1.807) is 44.2 Å². The number of nitrogens with zero attached hydrogens (tertiary/aromatic N) is 3. The molecular formula is C28H27Cl2N3O4. The number of likely N-dealkylation sites (N-methyl/N-ethyl adjacent to an activating group) is 1. The van der Waals surface area contributed by atoms with Gasteiger partial charge in [0.1, 0.15) is 12.3 Å². The second kappa shape index (κ2) is 10.8. The predicted molar refractivity (Wildman–Crippen MR) is 145 cm³/mol. The van der Waals surface area contributed by atoms with Gasteiger partial charge in [-0.05, 0) is 47.9 Å². The number of amides is 3. The number of rotatable bonds is 6. The first-order chi connectivity index (χ1) is 17.6. The Hall–Kier alpha value is -3.55. The van der Waals surface area contributed by atoms with Gasteiger partial charge in [-0.25, -0.2) is 0 Å². The molecule has 192 valence electrons. The van der Waals surface area contributed by atoms with E-state index in [4.69, 9.17) is 27.9 Å². The molecule has 0 N–H and O–H groups in total. The second-order valence-electron chi connectivity index (χ2n) is 9.09. The molecule has 0 radical (unpaired) electrons. The molecule has 37 heavy (non-hydrogen) atoms. The van der Waals surface area contributed by atoms with Gasteiger partial charge in [0.15, 0.2) is 6.61 Å². The van der Waals surface area contributed by atoms with Gasteiger partial charge in [0, 0.05) is 32.8 Å². The first-order valence-corrected chi connectivity index (χ1v) is 12.4. The van der Waals surface area contributed by atoms with Crippen LogP contribution in [0.3, 0.4) is 0 Å². The van der Waals surface area contributed by atoms with Gasteiger partial charge in [-0.3, -0.25) is 19.3 Å². The van der Waals surface area contributed by atoms with Crippen molar-refractivity contribution < 1.29 is 19.1 Å². The summed E-state index contributed by atoms with van der Waals surface area (Å²) in [6.07, 6.45) is 0. The number of hydrogen-bond donors (Lipinski definition) is 0. The van der Waals surface area contributed by atoms with Crippen LogP contribution in [0.4, 0.5) is 5.69 Å². The van der Waals surface area contributed by atoms with Crippen LogP contribution in [0, 0.1) is 0 Å². The van der Waals surface area contributed by atoms with Gasteiger partial charge in [-0.15, -0.1) is 0 Å². The van der Waals surface area contributed by atoms with Gasteiger partial charge in [0.2, 0.25) is 5.91 Å². The highest BCUT2D eigenvalue weighted by Crippen LogP contribution is 2.39. The molecule has 1 aliphatic rings. The quantitative estimate of drug-likeness (QED) is 0.425. The molecule has 1 unspecified atom stereocenters. The molecule has 3 aromatic carbocycles. The van der Waals surface area contributed by atoms with Crippen molar-refractivity contribution in [1.82, 2.24) is 9.80 Å². The lowest BCUT2D eigenvalue weighted by Gasteiger charge is -2.32. The van der Waals surface area contributed by atoms with Crippen LogP contribution < -0.4 is 9.64 Å². The van der Waals surface area contributed by atoms with Gasteiger partial charge >= 0.3 is 0 Å². The maximum absolute atomic E-state index is 13.2. The summed E-state index contributed by atoms with van der Waals surface area (Å²) < 4.78 is 5.47. The van der Waals surface area contributed by atoms with E-state index < -0.39 is 0 Å². The standard InChI is InChI=1S/C28H27Cl2N3O4/c1-17(20-6-5-7-21(12-20)18-8-10-19(11-9-18)28(36)31(2)3)32(4)26(34)15-33-24-13-22(29)23(30)14-25(24)37-16-27(33)35/h5-14,17H,15-16H2,1-4H3. The van der Waals surface area contributed by atoms with Crippen LogP contribution in [0.5, 0.6) is 5.75 Å². The zero-order chi connectivity index (χ0) is 26.9. The number of fused-ring (bicyclic) bond motifs is 1. The van der Waals surface area contributed by atoms with Crippen LogP contribution in [0.15, 0.2) is 60.7 Å². The minimum absolute atomic E-state index is 0.0548. The third-order valence-electron chi connectivity index (χ3n) is 6.45. The Morgan fingerprint density at radius 1 is 0.973 bits per heavy atom. The van der Waals surface area contributed by atoms with Gasteiger partial charge in [0.05, 0.1) is 21.8 Å². The van der Waals surface area contributed by atoms with Gasteiger partial charge in [-0.2, -0.15) is 0 Å². The summed E-state index contributed by atoms with van der Waals surface area (Å²) in [5.41, 5.74) is 3.90. The Morgan fingerprint density at radius 3 is 2.32 bits per heavy atom. The number of ether oxygens (including phenoxy) is 1. The van der Waals surface area contributed by atoms with Gasteiger partial charge < -0.3 is 14.5 Å². The summed E-state index contributed by atoms with van der Waals surface area (Å²) in [6, 6.07) is 18.2. The van der Waals surface area contributed by atoms with Crippen LogP contribution >= 0.6 is 23.2 Å². The predicted octanol–water partition coefficient (Wildman–Crippen LogP) is 5.31. The molecule has 4 rings (SSSR count). The van der Waals surface area contributed by atoms with E-state index in [1.807, 2.05) is 43.3 Å². The Balaban J connectivity index is 1.51. The van der Waals surface area contributed by atoms with Gasteiger partial charge in [0.25, 0.3) is 11.8 Å². The highest BCUT2D eigenvalue weighted by atomic mass is 35.5. The molecule has 0 aliphatic carbocycles. The van der Waals surface area contributed by atoms with Crippen molar-refractivity contribution in [2.45, 2.75) is 13.0 Å². The molecule has 7 nitrogen and oxygen atoms in total. The van der Waals surface area contributed by atoms with E-state index in [0.29, 0.717) is 22.0 Å². The number of anilines is 1. The molecule has 1 heterocycles. The van der Waals surface area contributed by atoms with Crippen LogP contribution in [0.1, 0.15) is 28.9 Å². The van der Waals surface area contributed by atoms with Crippen molar-refractivity contribution in [3.63, 3.8) is 0 Å². The minimum atomic E-state index is -0.335. The summed E-state index contributed by atoms with van der Waals surface area (Å²) in [4.78, 5) is 42.5. The van der Waals surface area contributed by atoms with Crippen molar-refractivity contribution in [3.8, 4) is 16.9 Å². The molecule has 0 bridgehead atoms. The Kier molecular flexibility index (Phi) is 7.76. The fourth-order valence-electron chi connectivity index (χ4n) is 4.10. The number of carbonyl (C=O) groups excluding carboxylic acids is 3. The Bertz CT molecular complexity index is 1360. The van der Waals surface area contributed by atoms with Crippen LogP contribution in [0.2, 0.25) is 10.0 Å². The monoisotopic (exact) mass is 539 g/mol. The second-order valence-corrected chi connectivity index (χ2v) is 9.90. The molecule has 3 amide bonds. The largest absolute Gasteiger partial charge is 0.482 e. The van der Waals surface area contributed by atoms with E-state index in [2.05, 4.69) is 0 Å². The summed E-state index contributed by atoms with van der Waals surface area (Å²) >= 11 is 12.2. The molecule has 0 fully saturated rings. The Labute approximate surface area is 226 Å². The van der Waals surface area contributed by atoms with Crippen LogP contribution in [-0.4, -0.2) is 61.8 Å². The van der Waals surface area contributed by atoms with Crippen molar-refractivity contribution in [2.24, 2.45) is 0 Å². The molecule has 1 atom stereocenters. The molecule has 0 aromatic heterocycles. The van der Waals surface area contributed by atoms with Gasteiger partial charge in [-0.1, -0.05) is 53.5 Å². The fourth-order valence-corrected chi connectivity index (χ4v) is 4.41. The fraction of sp³-hybridized carbons (Fsp3) is 0.250. The first kappa shape index (κ1) is 26.5. The summed E-state index contributed by atoms with van der Waals surface area (Å²) in [5, 5.41) is 0.583. The molecule has 0 spiro atoms. The average molecular weight is 540 g/mol. The third kappa shape index (κ3) is 5.58. The number of halogens is 2. The lowest BCUT2D eigenvalue weighted by atomic mass is 9.98. The van der Waals surface area contributed by atoms with Crippen LogP contribution in [-0.2, 0) is 9.59 Å². The normalized spacial score (nSPS) is 13.5. The minimum Gasteiger partial charge on any atom is -0.482 e. The SMILES string of the molecule is CC(c1cccc(-c2ccc(C(=O)N(C)C)cc2)c1)N(C)C(=O)CN1C(=O)COc2cc(Cl)c(Cl)cc21. The molecular weight excluding hydrogens is 513 g/mol. The van der Waals surface area contributed by atoms with Crippen LogP contribution in [0.25, 0.3) is 11.1 Å². The average Bonchev–Trinajstić information content (AvgIpc) is 2.90. The molecule has 0 saturated carbocycles. The van der Waals surface area contributed by atoms with E-state index in [1.165, 1.54) is 15.9 Å². The van der Waals surface area contributed by atoms with E-state index in [0.717, 1.165) is 16.7 Å². The number of benzene rings is 3. The van der Waals surface area contributed by atoms with E-state index >= 15 is 0 Å². The topological polar surface area (TPSA) is 70.2 Å².